The smallest absolute Gasteiger partial charge is 0.328 e. The molecular weight excluding hydrogens is 396 g/mol. The molecule has 0 heterocycles. The Hall–Kier alpha value is -2.28. The molecule has 0 spiro atoms. The molecule has 0 bridgehead atoms. The van der Waals surface area contributed by atoms with Crippen LogP contribution in [0.25, 0.3) is 0 Å². The fraction of sp³-hybridized carbons (Fsp3) is 0.222. The van der Waals surface area contributed by atoms with E-state index in [1.165, 1.54) is 13.2 Å². The van der Waals surface area contributed by atoms with E-state index in [0.717, 1.165) is 22.2 Å². The topological polar surface area (TPSA) is 55.4 Å². The van der Waals surface area contributed by atoms with Crippen LogP contribution >= 0.6 is 15.9 Å². The molecule has 4 nitrogen and oxygen atoms in total. The molecule has 0 aromatic heterocycles. The summed E-state index contributed by atoms with van der Waals surface area (Å²) in [5.74, 6) is -2.92. The number of nitrogens with one attached hydrogen (secondary N) is 1. The van der Waals surface area contributed by atoms with E-state index in [1.807, 2.05) is 0 Å². The van der Waals surface area contributed by atoms with Crippen molar-refractivity contribution in [3.8, 4) is 0 Å². The van der Waals surface area contributed by atoms with Crippen molar-refractivity contribution in [3.05, 3.63) is 69.7 Å². The zero-order valence-electron chi connectivity index (χ0n) is 13.4. The number of rotatable bonds is 6. The van der Waals surface area contributed by atoms with Crippen LogP contribution in [0, 0.1) is 11.6 Å². The zero-order chi connectivity index (χ0) is 18.4. The third-order valence-corrected chi connectivity index (χ3v) is 4.10. The van der Waals surface area contributed by atoms with Gasteiger partial charge >= 0.3 is 5.97 Å². The van der Waals surface area contributed by atoms with E-state index in [4.69, 9.17) is 4.74 Å². The SMILES string of the molecule is COC(=O)[C@H](Cc1ccc(Br)cc1)NC(=O)Cc1c(F)cccc1F. The van der Waals surface area contributed by atoms with E-state index in [2.05, 4.69) is 21.2 Å². The van der Waals surface area contributed by atoms with E-state index in [9.17, 15) is 18.4 Å². The van der Waals surface area contributed by atoms with E-state index >= 15 is 0 Å². The van der Waals surface area contributed by atoms with Gasteiger partial charge in [0.25, 0.3) is 0 Å². The van der Waals surface area contributed by atoms with Gasteiger partial charge in [-0.3, -0.25) is 4.79 Å². The van der Waals surface area contributed by atoms with Gasteiger partial charge in [-0.15, -0.1) is 0 Å². The molecule has 0 aliphatic rings. The lowest BCUT2D eigenvalue weighted by molar-refractivity contribution is -0.145. The lowest BCUT2D eigenvalue weighted by atomic mass is 10.0. The number of hydrogen-bond donors (Lipinski definition) is 1. The molecular formula is C18H16BrF2NO3. The Bertz CT molecular complexity index is 745. The Kier molecular flexibility index (Phi) is 6.64. The lowest BCUT2D eigenvalue weighted by Crippen LogP contribution is -2.43. The number of amides is 1. The minimum Gasteiger partial charge on any atom is -0.467 e. The van der Waals surface area contributed by atoms with E-state index < -0.39 is 36.0 Å². The van der Waals surface area contributed by atoms with Crippen LogP contribution in [0.4, 0.5) is 8.78 Å². The summed E-state index contributed by atoms with van der Waals surface area (Å²) in [6, 6.07) is 9.62. The van der Waals surface area contributed by atoms with Crippen LogP contribution in [0.3, 0.4) is 0 Å². The molecule has 1 atom stereocenters. The van der Waals surface area contributed by atoms with Gasteiger partial charge in [0.15, 0.2) is 0 Å². The molecule has 0 fully saturated rings. The summed E-state index contributed by atoms with van der Waals surface area (Å²) in [5.41, 5.74) is 0.461. The Morgan fingerprint density at radius 2 is 1.72 bits per heavy atom. The average molecular weight is 412 g/mol. The van der Waals surface area contributed by atoms with Crippen molar-refractivity contribution in [2.75, 3.05) is 7.11 Å². The maximum absolute atomic E-state index is 13.6. The van der Waals surface area contributed by atoms with Crippen LogP contribution in [0.5, 0.6) is 0 Å². The normalized spacial score (nSPS) is 11.7. The Balaban J connectivity index is 2.09. The molecule has 2 rings (SSSR count). The molecule has 0 saturated carbocycles. The van der Waals surface area contributed by atoms with E-state index in [1.54, 1.807) is 24.3 Å². The van der Waals surface area contributed by atoms with Crippen molar-refractivity contribution in [1.82, 2.24) is 5.32 Å². The highest BCUT2D eigenvalue weighted by Crippen LogP contribution is 2.14. The van der Waals surface area contributed by atoms with Gasteiger partial charge in [0.2, 0.25) is 5.91 Å². The first-order valence-corrected chi connectivity index (χ1v) is 8.24. The molecule has 0 aliphatic heterocycles. The summed E-state index contributed by atoms with van der Waals surface area (Å²) in [7, 11) is 1.21. The summed E-state index contributed by atoms with van der Waals surface area (Å²) in [6.45, 7) is 0. The number of halogens is 3. The molecule has 0 unspecified atom stereocenters. The number of hydrogen-bond acceptors (Lipinski definition) is 3. The molecule has 2 aromatic carbocycles. The van der Waals surface area contributed by atoms with Gasteiger partial charge in [-0.1, -0.05) is 34.1 Å². The van der Waals surface area contributed by atoms with Gasteiger partial charge < -0.3 is 10.1 Å². The lowest BCUT2D eigenvalue weighted by Gasteiger charge is -2.17. The average Bonchev–Trinajstić information content (AvgIpc) is 2.59. The molecule has 25 heavy (non-hydrogen) atoms. The number of esters is 1. The first kappa shape index (κ1) is 19.1. The van der Waals surface area contributed by atoms with Crippen LogP contribution in [-0.2, 0) is 27.2 Å². The number of methoxy groups -OCH3 is 1. The van der Waals surface area contributed by atoms with Crippen molar-refractivity contribution in [1.29, 1.82) is 0 Å². The highest BCUT2D eigenvalue weighted by Gasteiger charge is 2.23. The highest BCUT2D eigenvalue weighted by atomic mass is 79.9. The second kappa shape index (κ2) is 8.71. The fourth-order valence-corrected chi connectivity index (χ4v) is 2.56. The minimum absolute atomic E-state index is 0.200. The summed E-state index contributed by atoms with van der Waals surface area (Å²) < 4.78 is 32.9. The summed E-state index contributed by atoms with van der Waals surface area (Å²) in [5, 5.41) is 2.48. The monoisotopic (exact) mass is 411 g/mol. The standard InChI is InChI=1S/C18H16BrF2NO3/c1-25-18(24)16(9-11-5-7-12(19)8-6-11)22-17(23)10-13-14(20)3-2-4-15(13)21/h2-8,16H,9-10H2,1H3,(H,22,23)/t16-/m0/s1. The highest BCUT2D eigenvalue weighted by molar-refractivity contribution is 9.10. The van der Waals surface area contributed by atoms with Gasteiger partial charge in [-0.2, -0.15) is 0 Å². The van der Waals surface area contributed by atoms with Crippen molar-refractivity contribution < 1.29 is 23.1 Å². The van der Waals surface area contributed by atoms with E-state index in [-0.39, 0.29) is 12.0 Å². The van der Waals surface area contributed by atoms with Crippen LogP contribution in [0.1, 0.15) is 11.1 Å². The number of benzene rings is 2. The van der Waals surface area contributed by atoms with E-state index in [0.29, 0.717) is 0 Å². The Labute approximate surface area is 152 Å². The first-order chi connectivity index (χ1) is 11.9. The van der Waals surface area contributed by atoms with Crippen molar-refractivity contribution in [2.45, 2.75) is 18.9 Å². The maximum Gasteiger partial charge on any atom is 0.328 e. The molecule has 0 saturated heterocycles. The third kappa shape index (κ3) is 5.35. The van der Waals surface area contributed by atoms with Gasteiger partial charge in [0.1, 0.15) is 17.7 Å². The van der Waals surface area contributed by atoms with Crippen LogP contribution in [0.15, 0.2) is 46.9 Å². The van der Waals surface area contributed by atoms with Gasteiger partial charge in [0, 0.05) is 16.5 Å². The van der Waals surface area contributed by atoms with Crippen molar-refractivity contribution >= 4 is 27.8 Å². The second-order valence-electron chi connectivity index (χ2n) is 5.35. The first-order valence-electron chi connectivity index (χ1n) is 7.45. The van der Waals surface area contributed by atoms with Gasteiger partial charge in [-0.25, -0.2) is 13.6 Å². The van der Waals surface area contributed by atoms with Crippen molar-refractivity contribution in [3.63, 3.8) is 0 Å². The van der Waals surface area contributed by atoms with Crippen LogP contribution < -0.4 is 5.32 Å². The molecule has 132 valence electrons. The number of ether oxygens (including phenoxy) is 1. The Morgan fingerprint density at radius 1 is 1.12 bits per heavy atom. The number of carbonyl (C=O) groups is 2. The molecule has 1 N–H and O–H groups in total. The molecule has 2 aromatic rings. The van der Waals surface area contributed by atoms with Crippen LogP contribution in [-0.4, -0.2) is 25.0 Å². The zero-order valence-corrected chi connectivity index (χ0v) is 15.0. The quantitative estimate of drug-likeness (QED) is 0.742. The summed E-state index contributed by atoms with van der Waals surface area (Å²) in [4.78, 5) is 24.0. The van der Waals surface area contributed by atoms with Crippen LogP contribution in [0.2, 0.25) is 0 Å². The largest absolute Gasteiger partial charge is 0.467 e. The second-order valence-corrected chi connectivity index (χ2v) is 6.27. The fourth-order valence-electron chi connectivity index (χ4n) is 2.30. The predicted octanol–water partition coefficient (Wildman–Crippen LogP) is 3.17. The third-order valence-electron chi connectivity index (χ3n) is 3.57. The van der Waals surface area contributed by atoms with Gasteiger partial charge in [0.05, 0.1) is 13.5 Å². The minimum atomic E-state index is -0.950. The molecule has 0 aliphatic carbocycles. The van der Waals surface area contributed by atoms with Crippen molar-refractivity contribution in [2.24, 2.45) is 0 Å². The predicted molar refractivity (Wildman–Crippen MR) is 91.9 cm³/mol. The molecule has 1 amide bonds. The summed E-state index contributed by atoms with van der Waals surface area (Å²) >= 11 is 3.31. The molecule has 0 radical (unpaired) electrons. The number of carbonyl (C=O) groups excluding carboxylic acids is 2. The Morgan fingerprint density at radius 3 is 2.28 bits per heavy atom. The molecule has 7 heteroatoms. The van der Waals surface area contributed by atoms with Gasteiger partial charge in [-0.05, 0) is 29.8 Å². The maximum atomic E-state index is 13.6. The summed E-state index contributed by atoms with van der Waals surface area (Å²) in [6.07, 6.45) is -0.308.